The van der Waals surface area contributed by atoms with Crippen molar-refractivity contribution in [3.05, 3.63) is 36.0 Å². The van der Waals surface area contributed by atoms with E-state index in [4.69, 9.17) is 4.74 Å². The maximum absolute atomic E-state index is 13.0. The highest BCUT2D eigenvalue weighted by molar-refractivity contribution is 6.05. The van der Waals surface area contributed by atoms with Crippen LogP contribution in [-0.2, 0) is 17.5 Å². The average molecular weight is 383 g/mol. The van der Waals surface area contributed by atoms with Crippen molar-refractivity contribution in [1.82, 2.24) is 40.0 Å². The largest absolute Gasteiger partial charge is 0.433 e. The number of anilines is 1. The highest BCUT2D eigenvalue weighted by Gasteiger charge is 2.34. The molecular weight excluding hydrogens is 371 g/mol. The van der Waals surface area contributed by atoms with E-state index in [0.29, 0.717) is 12.7 Å². The van der Waals surface area contributed by atoms with Crippen LogP contribution in [0.15, 0.2) is 24.8 Å². The molecule has 3 aromatic rings. The molecule has 0 aliphatic rings. The number of nitrogens with one attached hydrogen (secondary N) is 1. The van der Waals surface area contributed by atoms with Gasteiger partial charge >= 0.3 is 6.18 Å². The summed E-state index contributed by atoms with van der Waals surface area (Å²) in [5, 5.41) is 17.0. The summed E-state index contributed by atoms with van der Waals surface area (Å²) in [6.07, 6.45) is -2.45. The number of nitrogens with zero attached hydrogens (tertiary/aromatic N) is 8. The quantitative estimate of drug-likeness (QED) is 0.655. The molecule has 3 aromatic heterocycles. The summed E-state index contributed by atoms with van der Waals surface area (Å²) < 4.78 is 46.0. The molecule has 0 aromatic carbocycles. The molecule has 0 spiro atoms. The zero-order valence-corrected chi connectivity index (χ0v) is 13.8. The third-order valence-electron chi connectivity index (χ3n) is 3.31. The van der Waals surface area contributed by atoms with Crippen LogP contribution in [0.3, 0.4) is 0 Å². The number of rotatable bonds is 6. The molecule has 142 valence electrons. The lowest BCUT2D eigenvalue weighted by atomic mass is 10.2. The van der Waals surface area contributed by atoms with Gasteiger partial charge in [0.2, 0.25) is 5.95 Å². The molecule has 11 nitrogen and oxygen atoms in total. The van der Waals surface area contributed by atoms with Gasteiger partial charge in [0.05, 0.1) is 18.7 Å². The van der Waals surface area contributed by atoms with Crippen LogP contribution in [0.2, 0.25) is 0 Å². The van der Waals surface area contributed by atoms with Gasteiger partial charge < -0.3 is 4.74 Å². The van der Waals surface area contributed by atoms with Crippen LogP contribution in [-0.4, -0.2) is 59.6 Å². The molecular formula is C13H12F3N9O2. The molecule has 0 radical (unpaired) electrons. The van der Waals surface area contributed by atoms with Gasteiger partial charge in [0.1, 0.15) is 18.3 Å². The zero-order valence-electron chi connectivity index (χ0n) is 13.8. The fourth-order valence-corrected chi connectivity index (χ4v) is 2.07. The van der Waals surface area contributed by atoms with Crippen LogP contribution < -0.4 is 5.32 Å². The highest BCUT2D eigenvalue weighted by Crippen LogP contribution is 2.29. The summed E-state index contributed by atoms with van der Waals surface area (Å²) in [6.45, 7) is 0.556. The molecule has 0 unspecified atom stereocenters. The van der Waals surface area contributed by atoms with Crippen molar-refractivity contribution in [2.24, 2.45) is 0 Å². The zero-order chi connectivity index (χ0) is 19.4. The number of aromatic nitrogens is 8. The molecule has 0 aliphatic carbocycles. The van der Waals surface area contributed by atoms with Gasteiger partial charge in [0, 0.05) is 7.11 Å². The Hall–Kier alpha value is -3.42. The Balaban J connectivity index is 1.94. The van der Waals surface area contributed by atoms with Crippen molar-refractivity contribution in [2.75, 3.05) is 19.0 Å². The molecule has 14 heteroatoms. The molecule has 0 saturated carbocycles. The van der Waals surface area contributed by atoms with E-state index in [1.165, 1.54) is 11.8 Å². The fourth-order valence-electron chi connectivity index (χ4n) is 2.07. The lowest BCUT2D eigenvalue weighted by molar-refractivity contribution is -0.141. The van der Waals surface area contributed by atoms with Crippen LogP contribution >= 0.6 is 0 Å². The minimum atomic E-state index is -4.69. The molecule has 0 saturated heterocycles. The maximum atomic E-state index is 13.0. The monoisotopic (exact) mass is 383 g/mol. The average Bonchev–Trinajstić information content (AvgIpc) is 3.30. The Bertz CT molecular complexity index is 924. The highest BCUT2D eigenvalue weighted by atomic mass is 19.4. The van der Waals surface area contributed by atoms with Crippen molar-refractivity contribution in [1.29, 1.82) is 0 Å². The van der Waals surface area contributed by atoms with Crippen LogP contribution in [0.4, 0.5) is 19.1 Å². The minimum absolute atomic E-state index is 0.00138. The number of halogens is 3. The maximum Gasteiger partial charge on any atom is 0.433 e. The standard InChI is InChI=1S/C13H12F3N9O2/c1-27-5-4-24-12(21-22-23-24)20-11(26)8-2-3-9(13(14,15)16)19-10(8)25-7-17-6-18-25/h2-3,6-7H,4-5H2,1H3,(H,20,21,23,26). The summed E-state index contributed by atoms with van der Waals surface area (Å²) in [6, 6.07) is 1.69. The van der Waals surface area contributed by atoms with E-state index in [1.807, 2.05) is 0 Å². The molecule has 27 heavy (non-hydrogen) atoms. The topological polar surface area (TPSA) is 126 Å². The second-order valence-electron chi connectivity index (χ2n) is 5.08. The third-order valence-corrected chi connectivity index (χ3v) is 3.31. The molecule has 1 amide bonds. The Morgan fingerprint density at radius 1 is 1.33 bits per heavy atom. The van der Waals surface area contributed by atoms with E-state index >= 15 is 0 Å². The van der Waals surface area contributed by atoms with Gasteiger partial charge in [-0.15, -0.1) is 0 Å². The number of tetrazole rings is 1. The first-order valence-corrected chi connectivity index (χ1v) is 7.40. The molecule has 3 rings (SSSR count). The van der Waals surface area contributed by atoms with Crippen LogP contribution in [0.1, 0.15) is 16.1 Å². The molecule has 0 aliphatic heterocycles. The number of hydrogen-bond donors (Lipinski definition) is 1. The molecule has 0 atom stereocenters. The van der Waals surface area contributed by atoms with E-state index in [2.05, 4.69) is 35.9 Å². The normalized spacial score (nSPS) is 11.6. The van der Waals surface area contributed by atoms with E-state index < -0.39 is 17.8 Å². The lowest BCUT2D eigenvalue weighted by Gasteiger charge is -2.12. The van der Waals surface area contributed by atoms with Gasteiger partial charge in [-0.05, 0) is 22.6 Å². The Labute approximate surface area is 149 Å². The van der Waals surface area contributed by atoms with E-state index in [0.717, 1.165) is 23.4 Å². The Kier molecular flexibility index (Phi) is 5.07. The summed E-state index contributed by atoms with van der Waals surface area (Å²) in [5.74, 6) is -1.10. The fraction of sp³-hybridized carbons (Fsp3) is 0.308. The summed E-state index contributed by atoms with van der Waals surface area (Å²) in [4.78, 5) is 19.7. The number of carbonyl (C=O) groups is 1. The lowest BCUT2D eigenvalue weighted by Crippen LogP contribution is -2.21. The Morgan fingerprint density at radius 2 is 2.15 bits per heavy atom. The summed E-state index contributed by atoms with van der Waals surface area (Å²) >= 11 is 0. The van der Waals surface area contributed by atoms with E-state index in [1.54, 1.807) is 0 Å². The number of pyridine rings is 1. The van der Waals surface area contributed by atoms with Gasteiger partial charge in [0.25, 0.3) is 5.91 Å². The van der Waals surface area contributed by atoms with Crippen molar-refractivity contribution in [2.45, 2.75) is 12.7 Å². The first-order valence-electron chi connectivity index (χ1n) is 7.40. The van der Waals surface area contributed by atoms with Crippen molar-refractivity contribution >= 4 is 11.9 Å². The number of hydrogen-bond acceptors (Lipinski definition) is 8. The number of carbonyl (C=O) groups excluding carboxylic acids is 1. The number of methoxy groups -OCH3 is 1. The van der Waals surface area contributed by atoms with Gasteiger partial charge in [0.15, 0.2) is 5.82 Å². The predicted octanol–water partition coefficient (Wildman–Crippen LogP) is 0.566. The summed E-state index contributed by atoms with van der Waals surface area (Å²) in [7, 11) is 1.49. The third kappa shape index (κ3) is 4.05. The minimum Gasteiger partial charge on any atom is -0.383 e. The number of amides is 1. The van der Waals surface area contributed by atoms with Crippen LogP contribution in [0.25, 0.3) is 5.82 Å². The van der Waals surface area contributed by atoms with Gasteiger partial charge in [-0.2, -0.15) is 18.3 Å². The smallest absolute Gasteiger partial charge is 0.383 e. The van der Waals surface area contributed by atoms with Crippen molar-refractivity contribution < 1.29 is 22.7 Å². The second kappa shape index (κ2) is 7.45. The first kappa shape index (κ1) is 18.4. The van der Waals surface area contributed by atoms with Crippen LogP contribution in [0, 0.1) is 0 Å². The number of ether oxygens (including phenoxy) is 1. The predicted molar refractivity (Wildman–Crippen MR) is 81.8 cm³/mol. The molecule has 0 fully saturated rings. The van der Waals surface area contributed by atoms with Gasteiger partial charge in [-0.3, -0.25) is 10.1 Å². The molecule has 0 bridgehead atoms. The van der Waals surface area contributed by atoms with Crippen molar-refractivity contribution in [3.63, 3.8) is 0 Å². The summed E-state index contributed by atoms with van der Waals surface area (Å²) in [5.41, 5.74) is -1.34. The first-order chi connectivity index (χ1) is 12.9. The SMILES string of the molecule is COCCn1nnnc1NC(=O)c1ccc(C(F)(F)F)nc1-n1cncn1. The molecule has 3 heterocycles. The van der Waals surface area contributed by atoms with Gasteiger partial charge in [-0.1, -0.05) is 5.10 Å². The Morgan fingerprint density at radius 3 is 2.81 bits per heavy atom. The van der Waals surface area contributed by atoms with Gasteiger partial charge in [-0.25, -0.2) is 19.3 Å². The number of alkyl halides is 3. The van der Waals surface area contributed by atoms with Crippen molar-refractivity contribution in [3.8, 4) is 5.82 Å². The van der Waals surface area contributed by atoms with E-state index in [-0.39, 0.29) is 23.9 Å². The van der Waals surface area contributed by atoms with E-state index in [9.17, 15) is 18.0 Å². The second-order valence-corrected chi connectivity index (χ2v) is 5.08. The molecule has 1 N–H and O–H groups in total. The van der Waals surface area contributed by atoms with Crippen LogP contribution in [0.5, 0.6) is 0 Å².